The van der Waals surface area contributed by atoms with Crippen molar-refractivity contribution in [1.82, 2.24) is 4.98 Å². The van der Waals surface area contributed by atoms with Gasteiger partial charge >= 0.3 is 0 Å². The molecule has 0 spiro atoms. The van der Waals surface area contributed by atoms with Gasteiger partial charge in [0.1, 0.15) is 5.75 Å². The minimum absolute atomic E-state index is 0.0155. The number of hydrogen-bond acceptors (Lipinski definition) is 5. The highest BCUT2D eigenvalue weighted by Crippen LogP contribution is 2.26. The molecule has 8 heteroatoms. The first-order chi connectivity index (χ1) is 11.5. The number of anilines is 1. The molecular weight excluding hydrogens is 425 g/mol. The second-order valence-electron chi connectivity index (χ2n) is 4.79. The van der Waals surface area contributed by atoms with E-state index in [1.165, 1.54) is 18.2 Å². The molecule has 1 heterocycles. The normalized spacial score (nSPS) is 10.4. The van der Waals surface area contributed by atoms with Crippen molar-refractivity contribution in [1.29, 1.82) is 0 Å². The maximum atomic E-state index is 12.4. The third kappa shape index (κ3) is 3.43. The Balaban J connectivity index is 1.91. The van der Waals surface area contributed by atoms with Crippen molar-refractivity contribution in [2.75, 3.05) is 5.32 Å². The van der Waals surface area contributed by atoms with Crippen molar-refractivity contribution in [2.24, 2.45) is 0 Å². The molecule has 0 aliphatic rings. The summed E-state index contributed by atoms with van der Waals surface area (Å²) in [6.07, 6.45) is 1.65. The average Bonchev–Trinajstić information content (AvgIpc) is 2.57. The Bertz CT molecular complexity index is 946. The summed E-state index contributed by atoms with van der Waals surface area (Å²) in [5.41, 5.74) is 1.49. The molecule has 24 heavy (non-hydrogen) atoms. The van der Waals surface area contributed by atoms with E-state index in [1.54, 1.807) is 18.3 Å². The fourth-order valence-corrected chi connectivity index (χ4v) is 2.83. The number of fused-ring (bicyclic) bond motifs is 1. The molecule has 0 saturated heterocycles. The number of halogens is 1. The second kappa shape index (κ2) is 6.79. The minimum atomic E-state index is -0.923. The molecule has 7 nitrogen and oxygen atoms in total. The van der Waals surface area contributed by atoms with E-state index in [2.05, 4.69) is 37.7 Å². The first kappa shape index (κ1) is 16.1. The van der Waals surface area contributed by atoms with Crippen LogP contribution < -0.4 is 10.2 Å². The van der Waals surface area contributed by atoms with E-state index in [1.807, 2.05) is 18.2 Å². The molecule has 1 amide bonds. The summed E-state index contributed by atoms with van der Waals surface area (Å²) >= 11 is 2.20. The summed E-state index contributed by atoms with van der Waals surface area (Å²) in [5.74, 6) is -0.421. The highest BCUT2D eigenvalue weighted by Gasteiger charge is 2.12. The predicted molar refractivity (Wildman–Crippen MR) is 96.5 cm³/mol. The Labute approximate surface area is 149 Å². The van der Waals surface area contributed by atoms with Crippen molar-refractivity contribution in [3.8, 4) is 5.75 Å². The quantitative estimate of drug-likeness (QED) is 0.384. The van der Waals surface area contributed by atoms with Crippen LogP contribution in [0.25, 0.3) is 10.9 Å². The van der Waals surface area contributed by atoms with Gasteiger partial charge in [-0.05, 0) is 59.0 Å². The number of carbonyl (C=O) groups is 1. The highest BCUT2D eigenvalue weighted by molar-refractivity contribution is 14.1. The highest BCUT2D eigenvalue weighted by atomic mass is 127. The van der Waals surface area contributed by atoms with Gasteiger partial charge < -0.3 is 5.32 Å². The first-order valence-corrected chi connectivity index (χ1v) is 7.89. The third-order valence-corrected chi connectivity index (χ3v) is 4.18. The fourth-order valence-electron chi connectivity index (χ4n) is 2.21. The van der Waals surface area contributed by atoms with Gasteiger partial charge in [-0.3, -0.25) is 14.6 Å². The zero-order chi connectivity index (χ0) is 17.1. The van der Waals surface area contributed by atoms with Crippen molar-refractivity contribution < 1.29 is 14.7 Å². The molecule has 3 aromatic rings. The van der Waals surface area contributed by atoms with Gasteiger partial charge in [-0.25, -0.2) is 0 Å². The largest absolute Gasteiger partial charge is 0.320 e. The molecule has 1 aromatic heterocycles. The van der Waals surface area contributed by atoms with Crippen LogP contribution in [0, 0.1) is 13.7 Å². The van der Waals surface area contributed by atoms with Crippen molar-refractivity contribution in [3.05, 3.63) is 74.0 Å². The summed E-state index contributed by atoms with van der Waals surface area (Å²) in [7, 11) is 0. The Morgan fingerprint density at radius 2 is 2.04 bits per heavy atom. The predicted octanol–water partition coefficient (Wildman–Crippen LogP) is 3.66. The van der Waals surface area contributed by atoms with E-state index in [0.717, 1.165) is 8.96 Å². The Kier molecular flexibility index (Phi) is 4.56. The van der Waals surface area contributed by atoms with Crippen LogP contribution in [0.5, 0.6) is 5.75 Å². The lowest BCUT2D eigenvalue weighted by molar-refractivity contribution is -0.711. The van der Waals surface area contributed by atoms with Crippen LogP contribution in [-0.4, -0.2) is 16.0 Å². The number of nitrogens with one attached hydrogen (secondary N) is 1. The molecule has 0 radical (unpaired) electrons. The number of nitrogens with zero attached hydrogens (tertiary/aromatic N) is 2. The van der Waals surface area contributed by atoms with Crippen LogP contribution in [0.3, 0.4) is 0 Å². The minimum Gasteiger partial charge on any atom is -0.320 e. The van der Waals surface area contributed by atoms with Crippen molar-refractivity contribution in [2.45, 2.75) is 0 Å². The Morgan fingerprint density at radius 3 is 2.83 bits per heavy atom. The van der Waals surface area contributed by atoms with Gasteiger partial charge in [-0.1, -0.05) is 12.1 Å². The Hall–Kier alpha value is -2.75. The molecule has 0 aliphatic carbocycles. The van der Waals surface area contributed by atoms with Gasteiger partial charge in [-0.15, -0.1) is 10.1 Å². The van der Waals surface area contributed by atoms with Gasteiger partial charge in [0.25, 0.3) is 11.0 Å². The molecule has 0 saturated carbocycles. The van der Waals surface area contributed by atoms with E-state index in [4.69, 9.17) is 0 Å². The molecular formula is C16H10IN3O4. The number of benzene rings is 2. The maximum absolute atomic E-state index is 12.4. The summed E-state index contributed by atoms with van der Waals surface area (Å²) in [6.45, 7) is 0. The number of pyridine rings is 1. The van der Waals surface area contributed by atoms with Crippen molar-refractivity contribution in [3.63, 3.8) is 0 Å². The van der Waals surface area contributed by atoms with E-state index >= 15 is 0 Å². The SMILES string of the molecule is O=C(Nc1ccc(I)c2cccnc12)c1cccc(O[N+](=O)[O-])c1. The average molecular weight is 435 g/mol. The number of hydrogen-bond donors (Lipinski definition) is 1. The molecule has 2 aromatic carbocycles. The topological polar surface area (TPSA) is 94.4 Å². The second-order valence-corrected chi connectivity index (χ2v) is 5.95. The summed E-state index contributed by atoms with van der Waals surface area (Å²) in [5, 5.41) is 13.2. The summed E-state index contributed by atoms with van der Waals surface area (Å²) in [4.78, 5) is 31.5. The van der Waals surface area contributed by atoms with Crippen LogP contribution in [0.15, 0.2) is 54.7 Å². The summed E-state index contributed by atoms with van der Waals surface area (Å²) in [6, 6.07) is 13.2. The number of rotatable bonds is 4. The molecule has 0 bridgehead atoms. The molecule has 1 N–H and O–H groups in total. The van der Waals surface area contributed by atoms with Gasteiger partial charge in [-0.2, -0.15) is 0 Å². The third-order valence-electron chi connectivity index (χ3n) is 3.24. The molecule has 0 atom stereocenters. The lowest BCUT2D eigenvalue weighted by Gasteiger charge is -2.09. The standard InChI is InChI=1S/C16H10IN3O4/c17-13-6-7-14(15-12(13)5-2-8-18-15)19-16(21)10-3-1-4-11(9-10)24-20(22)23/h1-9H,(H,19,21). The van der Waals surface area contributed by atoms with Crippen LogP contribution in [0.1, 0.15) is 10.4 Å². The van der Waals surface area contributed by atoms with Crippen LogP contribution in [0.4, 0.5) is 5.69 Å². The molecule has 120 valence electrons. The van der Waals surface area contributed by atoms with Gasteiger partial charge in [0.2, 0.25) is 0 Å². The van der Waals surface area contributed by atoms with Gasteiger partial charge in [0, 0.05) is 20.7 Å². The van der Waals surface area contributed by atoms with Crippen LogP contribution in [-0.2, 0) is 0 Å². The lowest BCUT2D eigenvalue weighted by atomic mass is 10.1. The first-order valence-electron chi connectivity index (χ1n) is 6.81. The van der Waals surface area contributed by atoms with Crippen LogP contribution in [0.2, 0.25) is 0 Å². The fraction of sp³-hybridized carbons (Fsp3) is 0. The van der Waals surface area contributed by atoms with E-state index in [0.29, 0.717) is 11.2 Å². The van der Waals surface area contributed by atoms with E-state index in [9.17, 15) is 14.9 Å². The number of aromatic nitrogens is 1. The number of carbonyl (C=O) groups excluding carboxylic acids is 1. The van der Waals surface area contributed by atoms with Crippen LogP contribution >= 0.6 is 22.6 Å². The van der Waals surface area contributed by atoms with Gasteiger partial charge in [0.15, 0.2) is 0 Å². The maximum Gasteiger partial charge on any atom is 0.299 e. The zero-order valence-corrected chi connectivity index (χ0v) is 14.3. The Morgan fingerprint density at radius 1 is 1.21 bits per heavy atom. The zero-order valence-electron chi connectivity index (χ0n) is 12.1. The van der Waals surface area contributed by atoms with E-state index < -0.39 is 11.0 Å². The van der Waals surface area contributed by atoms with Gasteiger partial charge in [0.05, 0.1) is 11.2 Å². The summed E-state index contributed by atoms with van der Waals surface area (Å²) < 4.78 is 1.02. The molecule has 0 fully saturated rings. The lowest BCUT2D eigenvalue weighted by Crippen LogP contribution is -2.13. The van der Waals surface area contributed by atoms with E-state index in [-0.39, 0.29) is 11.3 Å². The molecule has 3 rings (SSSR count). The molecule has 0 aliphatic heterocycles. The smallest absolute Gasteiger partial charge is 0.299 e. The number of amides is 1. The van der Waals surface area contributed by atoms with Crippen molar-refractivity contribution >= 4 is 45.1 Å². The molecule has 0 unspecified atom stereocenters. The monoisotopic (exact) mass is 435 g/mol.